The fourth-order valence-corrected chi connectivity index (χ4v) is 2.49. The number of aliphatic hydroxyl groups is 1. The van der Waals surface area contributed by atoms with Gasteiger partial charge < -0.3 is 19.9 Å². The van der Waals surface area contributed by atoms with Crippen molar-refractivity contribution in [2.75, 3.05) is 26.4 Å². The minimum atomic E-state index is -0.521. The third-order valence-corrected chi connectivity index (χ3v) is 3.66. The zero-order valence-electron chi connectivity index (χ0n) is 11.1. The van der Waals surface area contributed by atoms with Gasteiger partial charge in [0.2, 0.25) is 0 Å². The molecular formula is C14H17NO4S. The van der Waals surface area contributed by atoms with Crippen molar-refractivity contribution in [1.82, 2.24) is 5.32 Å². The van der Waals surface area contributed by atoms with Gasteiger partial charge in [0.25, 0.3) is 5.91 Å². The Morgan fingerprint density at radius 3 is 3.20 bits per heavy atom. The Balaban J connectivity index is 1.86. The maximum absolute atomic E-state index is 11.9. The molecule has 1 unspecified atom stereocenters. The van der Waals surface area contributed by atoms with E-state index in [9.17, 15) is 4.79 Å². The molecule has 1 saturated heterocycles. The van der Waals surface area contributed by atoms with Crippen LogP contribution in [0.4, 0.5) is 0 Å². The van der Waals surface area contributed by atoms with Gasteiger partial charge in [-0.25, -0.2) is 0 Å². The van der Waals surface area contributed by atoms with E-state index in [1.165, 1.54) is 0 Å². The van der Waals surface area contributed by atoms with Gasteiger partial charge in [-0.15, -0.1) is 11.3 Å². The summed E-state index contributed by atoms with van der Waals surface area (Å²) in [5, 5.41) is 13.5. The lowest BCUT2D eigenvalue weighted by atomic mass is 10.2. The van der Waals surface area contributed by atoms with Crippen molar-refractivity contribution in [3.05, 3.63) is 21.9 Å². The predicted octanol–water partition coefficient (Wildman–Crippen LogP) is 0.514. The van der Waals surface area contributed by atoms with E-state index in [-0.39, 0.29) is 12.5 Å². The molecule has 108 valence electrons. The van der Waals surface area contributed by atoms with Crippen LogP contribution in [0.25, 0.3) is 0 Å². The van der Waals surface area contributed by atoms with Crippen LogP contribution in [0.1, 0.15) is 16.9 Å². The Kier molecular flexibility index (Phi) is 6.02. The molecule has 1 fully saturated rings. The summed E-state index contributed by atoms with van der Waals surface area (Å²) in [5.41, 5.74) is 0.893. The summed E-state index contributed by atoms with van der Waals surface area (Å²) in [5.74, 6) is 5.71. The minimum Gasteiger partial charge on any atom is -0.395 e. The number of carbonyl (C=O) groups is 1. The van der Waals surface area contributed by atoms with Crippen molar-refractivity contribution >= 4 is 17.2 Å². The lowest BCUT2D eigenvalue weighted by molar-refractivity contribution is -0.147. The molecule has 1 aliphatic heterocycles. The number of thiophene rings is 1. The van der Waals surface area contributed by atoms with Crippen LogP contribution in [0.3, 0.4) is 0 Å². The first-order valence-electron chi connectivity index (χ1n) is 6.44. The molecule has 6 heteroatoms. The number of carbonyl (C=O) groups excluding carboxylic acids is 1. The zero-order valence-corrected chi connectivity index (χ0v) is 11.9. The van der Waals surface area contributed by atoms with Crippen molar-refractivity contribution in [2.45, 2.75) is 19.1 Å². The van der Waals surface area contributed by atoms with Gasteiger partial charge in [0.05, 0.1) is 33.0 Å². The van der Waals surface area contributed by atoms with Gasteiger partial charge in [0.15, 0.2) is 6.10 Å². The highest BCUT2D eigenvalue weighted by Crippen LogP contribution is 2.15. The van der Waals surface area contributed by atoms with E-state index in [1.807, 2.05) is 11.4 Å². The second-order valence-electron chi connectivity index (χ2n) is 4.18. The second kappa shape index (κ2) is 8.02. The van der Waals surface area contributed by atoms with Crippen LogP contribution >= 0.6 is 11.3 Å². The lowest BCUT2D eigenvalue weighted by Gasteiger charge is -2.21. The van der Waals surface area contributed by atoms with Crippen LogP contribution in [0, 0.1) is 11.8 Å². The SMILES string of the molecule is O=C(NCc1sccc1C#CCCO)C1COCCO1. The van der Waals surface area contributed by atoms with E-state index in [0.717, 1.165) is 10.4 Å². The van der Waals surface area contributed by atoms with Gasteiger partial charge >= 0.3 is 0 Å². The quantitative estimate of drug-likeness (QED) is 0.795. The van der Waals surface area contributed by atoms with Gasteiger partial charge in [-0.05, 0) is 11.4 Å². The highest BCUT2D eigenvalue weighted by atomic mass is 32.1. The molecule has 0 aliphatic carbocycles. The fraction of sp³-hybridized carbons (Fsp3) is 0.500. The monoisotopic (exact) mass is 295 g/mol. The first-order chi connectivity index (χ1) is 9.81. The lowest BCUT2D eigenvalue weighted by Crippen LogP contribution is -2.42. The molecule has 2 N–H and O–H groups in total. The largest absolute Gasteiger partial charge is 0.395 e. The van der Waals surface area contributed by atoms with Crippen LogP contribution in [0.2, 0.25) is 0 Å². The molecule has 0 aromatic carbocycles. The van der Waals surface area contributed by atoms with Gasteiger partial charge in [0.1, 0.15) is 0 Å². The standard InChI is InChI=1S/C14H17NO4S/c16-5-2-1-3-11-4-8-20-13(11)9-15-14(17)12-10-18-6-7-19-12/h4,8,12,16H,2,5-7,9-10H2,(H,15,17). The molecule has 1 aromatic heterocycles. The topological polar surface area (TPSA) is 67.8 Å². The number of rotatable bonds is 4. The summed E-state index contributed by atoms with van der Waals surface area (Å²) in [4.78, 5) is 12.9. The van der Waals surface area contributed by atoms with E-state index in [1.54, 1.807) is 11.3 Å². The van der Waals surface area contributed by atoms with E-state index in [2.05, 4.69) is 17.2 Å². The molecule has 0 bridgehead atoms. The Morgan fingerprint density at radius 1 is 1.55 bits per heavy atom. The molecule has 20 heavy (non-hydrogen) atoms. The van der Waals surface area contributed by atoms with Crippen LogP contribution in [0.15, 0.2) is 11.4 Å². The van der Waals surface area contributed by atoms with Crippen molar-refractivity contribution in [1.29, 1.82) is 0 Å². The highest BCUT2D eigenvalue weighted by molar-refractivity contribution is 7.10. The van der Waals surface area contributed by atoms with Crippen LogP contribution < -0.4 is 5.32 Å². The average Bonchev–Trinajstić information content (AvgIpc) is 2.93. The first-order valence-corrected chi connectivity index (χ1v) is 7.32. The third kappa shape index (κ3) is 4.32. The maximum Gasteiger partial charge on any atom is 0.251 e. The number of ether oxygens (including phenoxy) is 2. The highest BCUT2D eigenvalue weighted by Gasteiger charge is 2.22. The van der Waals surface area contributed by atoms with Crippen molar-refractivity contribution in [2.24, 2.45) is 0 Å². The first kappa shape index (κ1) is 15.0. The summed E-state index contributed by atoms with van der Waals surface area (Å²) < 4.78 is 10.5. The van der Waals surface area contributed by atoms with E-state index in [0.29, 0.717) is 32.8 Å². The average molecular weight is 295 g/mol. The van der Waals surface area contributed by atoms with Crippen molar-refractivity contribution in [3.63, 3.8) is 0 Å². The normalized spacial score (nSPS) is 18.1. The maximum atomic E-state index is 11.9. The number of amides is 1. The number of hydrogen-bond acceptors (Lipinski definition) is 5. The number of aliphatic hydroxyl groups excluding tert-OH is 1. The molecule has 5 nitrogen and oxygen atoms in total. The molecule has 2 heterocycles. The smallest absolute Gasteiger partial charge is 0.251 e. The molecule has 1 aliphatic rings. The second-order valence-corrected chi connectivity index (χ2v) is 5.19. The molecule has 0 radical (unpaired) electrons. The van der Waals surface area contributed by atoms with Crippen molar-refractivity contribution in [3.8, 4) is 11.8 Å². The molecule has 0 spiro atoms. The van der Waals surface area contributed by atoms with Gasteiger partial charge in [-0.1, -0.05) is 11.8 Å². The van der Waals surface area contributed by atoms with E-state index < -0.39 is 6.10 Å². The summed E-state index contributed by atoms with van der Waals surface area (Å²) in [6.45, 7) is 1.79. The number of hydrogen-bond donors (Lipinski definition) is 2. The van der Waals surface area contributed by atoms with Gasteiger partial charge in [-0.3, -0.25) is 4.79 Å². The Hall–Kier alpha value is -1.39. The minimum absolute atomic E-state index is 0.0578. The Bertz CT molecular complexity index is 497. The summed E-state index contributed by atoms with van der Waals surface area (Å²) in [7, 11) is 0. The summed E-state index contributed by atoms with van der Waals surface area (Å²) in [6, 6.07) is 1.91. The fourth-order valence-electron chi connectivity index (χ4n) is 1.72. The Morgan fingerprint density at radius 2 is 2.45 bits per heavy atom. The Labute approximate surface area is 121 Å². The van der Waals surface area contributed by atoms with E-state index >= 15 is 0 Å². The van der Waals surface area contributed by atoms with E-state index in [4.69, 9.17) is 14.6 Å². The van der Waals surface area contributed by atoms with Gasteiger partial charge in [0, 0.05) is 16.9 Å². The molecule has 2 rings (SSSR count). The third-order valence-electron chi connectivity index (χ3n) is 2.74. The molecule has 1 aromatic rings. The van der Waals surface area contributed by atoms with Crippen molar-refractivity contribution < 1.29 is 19.4 Å². The molecular weight excluding hydrogens is 278 g/mol. The predicted molar refractivity (Wildman–Crippen MR) is 75.3 cm³/mol. The van der Waals surface area contributed by atoms with Gasteiger partial charge in [-0.2, -0.15) is 0 Å². The summed E-state index contributed by atoms with van der Waals surface area (Å²) >= 11 is 1.54. The van der Waals surface area contributed by atoms with Crippen LogP contribution in [-0.2, 0) is 20.8 Å². The van der Waals surface area contributed by atoms with Crippen LogP contribution in [-0.4, -0.2) is 43.5 Å². The molecule has 1 amide bonds. The van der Waals surface area contributed by atoms with Crippen LogP contribution in [0.5, 0.6) is 0 Å². The summed E-state index contributed by atoms with van der Waals surface area (Å²) in [6.07, 6.45) is -0.0674. The molecule has 0 saturated carbocycles. The molecule has 1 atom stereocenters. The zero-order chi connectivity index (χ0) is 14.2. The number of nitrogens with one attached hydrogen (secondary N) is 1.